The van der Waals surface area contributed by atoms with Crippen molar-refractivity contribution in [3.63, 3.8) is 0 Å². The average molecular weight is 218 g/mol. The van der Waals surface area contributed by atoms with Gasteiger partial charge in [0.25, 0.3) is 0 Å². The van der Waals surface area contributed by atoms with Crippen molar-refractivity contribution in [3.8, 4) is 0 Å². The quantitative estimate of drug-likeness (QED) is 0.650. The van der Waals surface area contributed by atoms with Crippen LogP contribution in [0.25, 0.3) is 0 Å². The molecule has 14 heavy (non-hydrogen) atoms. The fourth-order valence-corrected chi connectivity index (χ4v) is 2.85. The van der Waals surface area contributed by atoms with Gasteiger partial charge in [-0.2, -0.15) is 0 Å². The molecule has 1 fully saturated rings. The van der Waals surface area contributed by atoms with Crippen LogP contribution >= 0.6 is 0 Å². The topological polar surface area (TPSA) is 58.2 Å². The fraction of sp³-hybridized carbons (Fsp3) is 0.778. The summed E-state index contributed by atoms with van der Waals surface area (Å²) >= 11 is 0. The van der Waals surface area contributed by atoms with Crippen molar-refractivity contribution in [2.75, 3.05) is 18.8 Å². The van der Waals surface area contributed by atoms with Gasteiger partial charge in [0.2, 0.25) is 10.0 Å². The Morgan fingerprint density at radius 1 is 1.64 bits per heavy atom. The first-order valence-electron chi connectivity index (χ1n) is 4.85. The predicted octanol–water partition coefficient (Wildman–Crippen LogP) is 0.234. The molecule has 0 radical (unpaired) electrons. The van der Waals surface area contributed by atoms with Gasteiger partial charge in [0.15, 0.2) is 0 Å². The summed E-state index contributed by atoms with van der Waals surface area (Å²) in [5.74, 6) is 0.181. The molecule has 1 aliphatic heterocycles. The molecule has 1 unspecified atom stereocenters. The minimum absolute atomic E-state index is 0.123. The second-order valence-electron chi connectivity index (χ2n) is 3.85. The average Bonchev–Trinajstić information content (AvgIpc) is 2.53. The number of nitrogens with one attached hydrogen (secondary N) is 2. The first-order chi connectivity index (χ1) is 6.49. The molecule has 1 aliphatic rings. The molecule has 1 atom stereocenters. The van der Waals surface area contributed by atoms with Gasteiger partial charge >= 0.3 is 0 Å². The Morgan fingerprint density at radius 3 is 2.86 bits per heavy atom. The van der Waals surface area contributed by atoms with Gasteiger partial charge in [-0.1, -0.05) is 12.2 Å². The molecule has 0 aromatic carbocycles. The third-order valence-electron chi connectivity index (χ3n) is 2.18. The van der Waals surface area contributed by atoms with E-state index in [4.69, 9.17) is 0 Å². The number of rotatable bonds is 5. The van der Waals surface area contributed by atoms with E-state index < -0.39 is 10.0 Å². The molecule has 0 amide bonds. The molecule has 5 heteroatoms. The zero-order valence-electron chi connectivity index (χ0n) is 8.54. The molecule has 0 aromatic heterocycles. The van der Waals surface area contributed by atoms with Crippen molar-refractivity contribution in [3.05, 3.63) is 12.2 Å². The summed E-state index contributed by atoms with van der Waals surface area (Å²) in [7, 11) is -3.13. The molecule has 82 valence electrons. The van der Waals surface area contributed by atoms with Gasteiger partial charge in [0.05, 0.1) is 5.75 Å². The van der Waals surface area contributed by atoms with E-state index in [2.05, 4.69) is 16.6 Å². The maximum atomic E-state index is 11.5. The Balaban J connectivity index is 2.36. The Kier molecular flexibility index (Phi) is 4.10. The first-order valence-corrected chi connectivity index (χ1v) is 6.50. The second kappa shape index (κ2) is 4.91. The zero-order valence-corrected chi connectivity index (χ0v) is 9.36. The van der Waals surface area contributed by atoms with Crippen molar-refractivity contribution in [1.82, 2.24) is 10.0 Å². The largest absolute Gasteiger partial charge is 0.313 e. The van der Waals surface area contributed by atoms with Crippen LogP contribution in [0.3, 0.4) is 0 Å². The molecular formula is C9H18N2O2S. The normalized spacial score (nSPS) is 22.5. The number of sulfonamides is 1. The third-order valence-corrected chi connectivity index (χ3v) is 3.60. The molecule has 1 saturated heterocycles. The van der Waals surface area contributed by atoms with Crippen molar-refractivity contribution in [2.24, 2.45) is 0 Å². The Bertz CT molecular complexity index is 292. The highest BCUT2D eigenvalue weighted by Gasteiger charge is 2.21. The Morgan fingerprint density at radius 2 is 2.36 bits per heavy atom. The van der Waals surface area contributed by atoms with E-state index in [1.54, 1.807) is 6.92 Å². The lowest BCUT2D eigenvalue weighted by Gasteiger charge is -2.11. The lowest BCUT2D eigenvalue weighted by molar-refractivity contribution is 0.566. The SMILES string of the molecule is C=C(C)CNS(=O)(=O)CC1CCCN1. The van der Waals surface area contributed by atoms with Gasteiger partial charge in [-0.05, 0) is 26.3 Å². The highest BCUT2D eigenvalue weighted by molar-refractivity contribution is 7.89. The first kappa shape index (κ1) is 11.7. The second-order valence-corrected chi connectivity index (χ2v) is 5.70. The molecule has 4 nitrogen and oxygen atoms in total. The van der Waals surface area contributed by atoms with Crippen LogP contribution in [0, 0.1) is 0 Å². The van der Waals surface area contributed by atoms with Crippen LogP contribution in [-0.2, 0) is 10.0 Å². The van der Waals surface area contributed by atoms with E-state index in [-0.39, 0.29) is 11.8 Å². The maximum absolute atomic E-state index is 11.5. The van der Waals surface area contributed by atoms with Crippen molar-refractivity contribution >= 4 is 10.0 Å². The monoisotopic (exact) mass is 218 g/mol. The summed E-state index contributed by atoms with van der Waals surface area (Å²) in [5.41, 5.74) is 0.827. The zero-order chi connectivity index (χ0) is 10.6. The van der Waals surface area contributed by atoms with Gasteiger partial charge in [-0.15, -0.1) is 0 Å². The van der Waals surface area contributed by atoms with E-state index in [0.717, 1.165) is 25.0 Å². The Labute approximate surface area is 85.8 Å². The van der Waals surface area contributed by atoms with Crippen LogP contribution in [0.15, 0.2) is 12.2 Å². The van der Waals surface area contributed by atoms with Crippen LogP contribution in [0.4, 0.5) is 0 Å². The summed E-state index contributed by atoms with van der Waals surface area (Å²) in [6.07, 6.45) is 2.02. The number of hydrogen-bond donors (Lipinski definition) is 2. The van der Waals surface area contributed by atoms with E-state index in [9.17, 15) is 8.42 Å². The molecule has 2 N–H and O–H groups in total. The molecular weight excluding hydrogens is 200 g/mol. The molecule has 0 bridgehead atoms. The lowest BCUT2D eigenvalue weighted by atomic mass is 10.3. The number of hydrogen-bond acceptors (Lipinski definition) is 3. The van der Waals surface area contributed by atoms with Crippen LogP contribution in [-0.4, -0.2) is 33.3 Å². The van der Waals surface area contributed by atoms with Crippen LogP contribution in [0.2, 0.25) is 0 Å². The molecule has 0 aliphatic carbocycles. The maximum Gasteiger partial charge on any atom is 0.213 e. The summed E-state index contributed by atoms with van der Waals surface area (Å²) in [4.78, 5) is 0. The van der Waals surface area contributed by atoms with Gasteiger partial charge < -0.3 is 5.32 Å². The standard InChI is InChI=1S/C9H18N2O2S/c1-8(2)6-11-14(12,13)7-9-4-3-5-10-9/h9-11H,1,3-7H2,2H3. The highest BCUT2D eigenvalue weighted by atomic mass is 32.2. The van der Waals surface area contributed by atoms with E-state index in [1.165, 1.54) is 0 Å². The van der Waals surface area contributed by atoms with Crippen LogP contribution in [0.5, 0.6) is 0 Å². The molecule has 0 saturated carbocycles. The Hall–Kier alpha value is -0.390. The smallest absolute Gasteiger partial charge is 0.213 e. The summed E-state index contributed by atoms with van der Waals surface area (Å²) in [6, 6.07) is 0.123. The van der Waals surface area contributed by atoms with Crippen molar-refractivity contribution in [2.45, 2.75) is 25.8 Å². The summed E-state index contributed by atoms with van der Waals surface area (Å²) in [6.45, 7) is 6.72. The predicted molar refractivity (Wildman–Crippen MR) is 57.6 cm³/mol. The van der Waals surface area contributed by atoms with Gasteiger partial charge in [-0.3, -0.25) is 0 Å². The third kappa shape index (κ3) is 4.21. The van der Waals surface area contributed by atoms with Gasteiger partial charge in [0.1, 0.15) is 0 Å². The molecule has 0 aromatic rings. The molecule has 1 rings (SSSR count). The van der Waals surface area contributed by atoms with E-state index >= 15 is 0 Å². The summed E-state index contributed by atoms with van der Waals surface area (Å²) < 4.78 is 25.5. The van der Waals surface area contributed by atoms with Gasteiger partial charge in [0, 0.05) is 12.6 Å². The van der Waals surface area contributed by atoms with E-state index in [0.29, 0.717) is 6.54 Å². The molecule has 0 spiro atoms. The van der Waals surface area contributed by atoms with Crippen molar-refractivity contribution in [1.29, 1.82) is 0 Å². The van der Waals surface area contributed by atoms with Crippen LogP contribution < -0.4 is 10.0 Å². The fourth-order valence-electron chi connectivity index (χ4n) is 1.46. The minimum Gasteiger partial charge on any atom is -0.313 e. The molecule has 1 heterocycles. The summed E-state index contributed by atoms with van der Waals surface area (Å²) in [5, 5.41) is 3.16. The van der Waals surface area contributed by atoms with Crippen molar-refractivity contribution < 1.29 is 8.42 Å². The van der Waals surface area contributed by atoms with E-state index in [1.807, 2.05) is 0 Å². The minimum atomic E-state index is -3.13. The van der Waals surface area contributed by atoms with Gasteiger partial charge in [-0.25, -0.2) is 13.1 Å². The highest BCUT2D eigenvalue weighted by Crippen LogP contribution is 2.06. The lowest BCUT2D eigenvalue weighted by Crippen LogP contribution is -2.37. The van der Waals surface area contributed by atoms with Crippen LogP contribution in [0.1, 0.15) is 19.8 Å².